The Morgan fingerprint density at radius 3 is 3.22 bits per heavy atom. The van der Waals surface area contributed by atoms with Crippen LogP contribution in [0.5, 0.6) is 0 Å². The van der Waals surface area contributed by atoms with Gasteiger partial charge in [-0.05, 0) is 6.42 Å². The second-order valence-electron chi connectivity index (χ2n) is 1.60. The molecule has 0 atom stereocenters. The molecule has 0 spiro atoms. The number of nitrogens with zero attached hydrogens (tertiary/aromatic N) is 1. The zero-order valence-corrected chi connectivity index (χ0v) is 5.95. The van der Waals surface area contributed by atoms with Crippen LogP contribution in [0.3, 0.4) is 0 Å². The highest BCUT2D eigenvalue weighted by molar-refractivity contribution is 7.99. The summed E-state index contributed by atoms with van der Waals surface area (Å²) in [5, 5.41) is 0.985. The molecule has 2 nitrogen and oxygen atoms in total. The summed E-state index contributed by atoms with van der Waals surface area (Å²) in [4.78, 5) is 7.03. The summed E-state index contributed by atoms with van der Waals surface area (Å²) in [6.45, 7) is 3.72. The highest BCUT2D eigenvalue weighted by Crippen LogP contribution is 2.11. The molecule has 1 N–H and O–H groups in total. The molecule has 0 aliphatic carbocycles. The van der Waals surface area contributed by atoms with Crippen LogP contribution in [0.25, 0.3) is 0 Å². The molecule has 0 saturated carbocycles. The van der Waals surface area contributed by atoms with Crippen LogP contribution in [0, 0.1) is 6.92 Å². The number of aromatic amines is 1. The topological polar surface area (TPSA) is 28.7 Å². The van der Waals surface area contributed by atoms with Gasteiger partial charge in [-0.3, -0.25) is 0 Å². The van der Waals surface area contributed by atoms with Crippen molar-refractivity contribution in [3.05, 3.63) is 19.3 Å². The van der Waals surface area contributed by atoms with E-state index in [1.807, 2.05) is 6.20 Å². The van der Waals surface area contributed by atoms with Crippen LogP contribution in [-0.2, 0) is 0 Å². The van der Waals surface area contributed by atoms with Gasteiger partial charge in [0.1, 0.15) is 0 Å². The summed E-state index contributed by atoms with van der Waals surface area (Å²) in [5.74, 6) is 1.04. The fourth-order valence-corrected chi connectivity index (χ4v) is 1.12. The monoisotopic (exact) mass is 141 g/mol. The van der Waals surface area contributed by atoms with Crippen molar-refractivity contribution >= 4 is 11.8 Å². The molecule has 0 saturated heterocycles. The molecule has 0 unspecified atom stereocenters. The second kappa shape index (κ2) is 3.56. The molecular weight excluding hydrogens is 132 g/mol. The third kappa shape index (κ3) is 2.10. The van der Waals surface area contributed by atoms with Gasteiger partial charge in [-0.25, -0.2) is 4.98 Å². The number of thioether (sulfide) groups is 1. The molecule has 0 fully saturated rings. The van der Waals surface area contributed by atoms with Crippen LogP contribution in [0.1, 0.15) is 6.42 Å². The van der Waals surface area contributed by atoms with Gasteiger partial charge < -0.3 is 4.98 Å². The molecule has 1 aromatic rings. The molecule has 0 amide bonds. The quantitative estimate of drug-likeness (QED) is 0.649. The van der Waals surface area contributed by atoms with Gasteiger partial charge in [-0.15, -0.1) is 0 Å². The fourth-order valence-electron chi connectivity index (χ4n) is 0.499. The number of hydrogen-bond donors (Lipinski definition) is 1. The number of H-pyrrole nitrogens is 1. The van der Waals surface area contributed by atoms with E-state index in [4.69, 9.17) is 0 Å². The Labute approximate surface area is 59.1 Å². The van der Waals surface area contributed by atoms with Gasteiger partial charge in [0.2, 0.25) is 0 Å². The maximum Gasteiger partial charge on any atom is 0.165 e. The summed E-state index contributed by atoms with van der Waals surface area (Å²) in [6, 6.07) is 0. The number of nitrogens with one attached hydrogen (secondary N) is 1. The van der Waals surface area contributed by atoms with Crippen molar-refractivity contribution in [2.24, 2.45) is 0 Å². The Hall–Kier alpha value is -0.440. The number of rotatable bonds is 3. The summed E-state index contributed by atoms with van der Waals surface area (Å²) in [7, 11) is 0. The predicted octanol–water partition coefficient (Wildman–Crippen LogP) is 1.73. The molecule has 0 aliphatic heterocycles. The molecule has 0 aliphatic rings. The second-order valence-corrected chi connectivity index (χ2v) is 2.68. The molecule has 0 aromatic carbocycles. The van der Waals surface area contributed by atoms with Crippen LogP contribution >= 0.6 is 11.8 Å². The molecule has 1 rings (SSSR count). The van der Waals surface area contributed by atoms with E-state index in [1.54, 1.807) is 18.0 Å². The first kappa shape index (κ1) is 6.68. The molecular formula is C6H9N2S. The minimum Gasteiger partial charge on any atom is -0.340 e. The summed E-state index contributed by atoms with van der Waals surface area (Å²) in [6.07, 6.45) is 4.53. The van der Waals surface area contributed by atoms with E-state index in [-0.39, 0.29) is 0 Å². The van der Waals surface area contributed by atoms with E-state index >= 15 is 0 Å². The lowest BCUT2D eigenvalue weighted by Crippen LogP contribution is -1.76. The minimum atomic E-state index is 0.950. The first-order valence-electron chi connectivity index (χ1n) is 2.85. The van der Waals surface area contributed by atoms with Gasteiger partial charge in [0.05, 0.1) is 0 Å². The number of aromatic nitrogens is 2. The fraction of sp³-hybridized carbons (Fsp3) is 0.333. The van der Waals surface area contributed by atoms with E-state index in [1.165, 1.54) is 0 Å². The Balaban J connectivity index is 2.30. The maximum absolute atomic E-state index is 4.03. The average Bonchev–Trinajstić information content (AvgIpc) is 2.34. The summed E-state index contributed by atoms with van der Waals surface area (Å²) in [5.41, 5.74) is 0. The SMILES string of the molecule is [CH2]CCSc1ncc[nH]1. The first-order chi connectivity index (χ1) is 4.43. The molecule has 0 bridgehead atoms. The van der Waals surface area contributed by atoms with E-state index in [0.717, 1.165) is 17.3 Å². The van der Waals surface area contributed by atoms with Crippen LogP contribution in [0.4, 0.5) is 0 Å². The first-order valence-corrected chi connectivity index (χ1v) is 3.83. The number of imidazole rings is 1. The molecule has 1 aromatic heterocycles. The standard InChI is InChI=1S/C6H9N2S/c1-2-5-9-6-7-3-4-8-6/h3-4H,1-2,5H2,(H,7,8). The Morgan fingerprint density at radius 1 is 1.78 bits per heavy atom. The van der Waals surface area contributed by atoms with Crippen molar-refractivity contribution < 1.29 is 0 Å². The molecule has 1 radical (unpaired) electrons. The lowest BCUT2D eigenvalue weighted by atomic mass is 10.6. The van der Waals surface area contributed by atoms with E-state index < -0.39 is 0 Å². The van der Waals surface area contributed by atoms with Crippen LogP contribution in [-0.4, -0.2) is 15.7 Å². The lowest BCUT2D eigenvalue weighted by molar-refractivity contribution is 1.05. The largest absolute Gasteiger partial charge is 0.340 e. The lowest BCUT2D eigenvalue weighted by Gasteiger charge is -1.89. The van der Waals surface area contributed by atoms with Crippen LogP contribution in [0.2, 0.25) is 0 Å². The van der Waals surface area contributed by atoms with Gasteiger partial charge in [0, 0.05) is 18.1 Å². The van der Waals surface area contributed by atoms with Crippen LogP contribution < -0.4 is 0 Å². The molecule has 1 heterocycles. The van der Waals surface area contributed by atoms with Gasteiger partial charge in [0.25, 0.3) is 0 Å². The smallest absolute Gasteiger partial charge is 0.165 e. The van der Waals surface area contributed by atoms with E-state index in [9.17, 15) is 0 Å². The average molecular weight is 141 g/mol. The van der Waals surface area contributed by atoms with Crippen molar-refractivity contribution in [1.29, 1.82) is 0 Å². The van der Waals surface area contributed by atoms with Crippen LogP contribution in [0.15, 0.2) is 17.6 Å². The Morgan fingerprint density at radius 2 is 2.67 bits per heavy atom. The minimum absolute atomic E-state index is 0.950. The normalized spacial score (nSPS) is 9.89. The zero-order chi connectivity index (χ0) is 6.53. The van der Waals surface area contributed by atoms with Crippen molar-refractivity contribution in [3.63, 3.8) is 0 Å². The van der Waals surface area contributed by atoms with Crippen molar-refractivity contribution in [2.75, 3.05) is 5.75 Å². The van der Waals surface area contributed by atoms with Crippen molar-refractivity contribution in [3.8, 4) is 0 Å². The van der Waals surface area contributed by atoms with Crippen molar-refractivity contribution in [2.45, 2.75) is 11.6 Å². The Kier molecular flexibility index (Phi) is 2.64. The van der Waals surface area contributed by atoms with E-state index in [2.05, 4.69) is 16.9 Å². The summed E-state index contributed by atoms with van der Waals surface area (Å²) < 4.78 is 0. The molecule has 9 heavy (non-hydrogen) atoms. The third-order valence-corrected chi connectivity index (χ3v) is 1.85. The Bertz CT molecular complexity index is 148. The maximum atomic E-state index is 4.03. The van der Waals surface area contributed by atoms with Gasteiger partial charge in [-0.2, -0.15) is 0 Å². The van der Waals surface area contributed by atoms with Gasteiger partial charge in [0.15, 0.2) is 5.16 Å². The number of hydrogen-bond acceptors (Lipinski definition) is 2. The highest BCUT2D eigenvalue weighted by Gasteiger charge is 1.90. The van der Waals surface area contributed by atoms with E-state index in [0.29, 0.717) is 0 Å². The van der Waals surface area contributed by atoms with Crippen molar-refractivity contribution in [1.82, 2.24) is 9.97 Å². The summed E-state index contributed by atoms with van der Waals surface area (Å²) >= 11 is 1.70. The predicted molar refractivity (Wildman–Crippen MR) is 39.3 cm³/mol. The highest BCUT2D eigenvalue weighted by atomic mass is 32.2. The molecule has 49 valence electrons. The third-order valence-electron chi connectivity index (χ3n) is 0.856. The van der Waals surface area contributed by atoms with Gasteiger partial charge in [-0.1, -0.05) is 18.7 Å². The molecule has 3 heteroatoms. The van der Waals surface area contributed by atoms with Gasteiger partial charge >= 0.3 is 0 Å². The zero-order valence-electron chi connectivity index (χ0n) is 5.13.